The number of methoxy groups -OCH3 is 1. The summed E-state index contributed by atoms with van der Waals surface area (Å²) in [7, 11) is 1.37. The molecule has 1 aromatic carbocycles. The van der Waals surface area contributed by atoms with Crippen molar-refractivity contribution >= 4 is 33.9 Å². The molecule has 8 heteroatoms. The molecule has 0 radical (unpaired) electrons. The minimum atomic E-state index is -0.386. The van der Waals surface area contributed by atoms with Crippen LogP contribution in [0.4, 0.5) is 15.1 Å². The Balaban J connectivity index is 1.37. The highest BCUT2D eigenvalue weighted by Crippen LogP contribution is 2.38. The number of nitrogens with one attached hydrogen (secondary N) is 1. The molecular formula is C22H26FN3O3S. The van der Waals surface area contributed by atoms with Gasteiger partial charge in [0.15, 0.2) is 0 Å². The lowest BCUT2D eigenvalue weighted by atomic mass is 9.95. The number of piperazine rings is 1. The van der Waals surface area contributed by atoms with Crippen molar-refractivity contribution in [1.29, 1.82) is 0 Å². The maximum absolute atomic E-state index is 14.0. The first-order valence-electron chi connectivity index (χ1n) is 10.3. The van der Waals surface area contributed by atoms with E-state index in [-0.39, 0.29) is 24.2 Å². The molecule has 1 aliphatic heterocycles. The van der Waals surface area contributed by atoms with Crippen molar-refractivity contribution in [3.63, 3.8) is 0 Å². The SMILES string of the molecule is COC(=O)c1c(NC(=O)CN2CCN(c3ccccc3F)CC2)sc2c1CCCC2. The van der Waals surface area contributed by atoms with Crippen LogP contribution < -0.4 is 10.2 Å². The smallest absolute Gasteiger partial charge is 0.341 e. The van der Waals surface area contributed by atoms with E-state index in [1.807, 2.05) is 11.0 Å². The monoisotopic (exact) mass is 431 g/mol. The second kappa shape index (κ2) is 9.14. The summed E-state index contributed by atoms with van der Waals surface area (Å²) in [6.45, 7) is 2.91. The molecule has 1 aromatic heterocycles. The van der Waals surface area contributed by atoms with Crippen LogP contribution in [0.5, 0.6) is 0 Å². The number of amides is 1. The van der Waals surface area contributed by atoms with Crippen LogP contribution in [-0.2, 0) is 22.4 Å². The largest absolute Gasteiger partial charge is 0.465 e. The minimum Gasteiger partial charge on any atom is -0.465 e. The van der Waals surface area contributed by atoms with Gasteiger partial charge in [-0.3, -0.25) is 9.69 Å². The van der Waals surface area contributed by atoms with Crippen molar-refractivity contribution in [3.05, 3.63) is 46.1 Å². The molecule has 1 saturated heterocycles. The molecule has 1 aliphatic carbocycles. The number of aryl methyl sites for hydroxylation is 1. The van der Waals surface area contributed by atoms with Gasteiger partial charge in [0.2, 0.25) is 5.91 Å². The summed E-state index contributed by atoms with van der Waals surface area (Å²) in [6.07, 6.45) is 3.95. The summed E-state index contributed by atoms with van der Waals surface area (Å²) in [4.78, 5) is 30.3. The van der Waals surface area contributed by atoms with Crippen LogP contribution in [0, 0.1) is 5.82 Å². The highest BCUT2D eigenvalue weighted by molar-refractivity contribution is 7.17. The van der Waals surface area contributed by atoms with Gasteiger partial charge >= 0.3 is 5.97 Å². The number of rotatable bonds is 5. The van der Waals surface area contributed by atoms with E-state index in [4.69, 9.17) is 4.74 Å². The van der Waals surface area contributed by atoms with Crippen LogP contribution >= 0.6 is 11.3 Å². The number of para-hydroxylation sites is 1. The molecule has 0 unspecified atom stereocenters. The van der Waals surface area contributed by atoms with E-state index < -0.39 is 0 Å². The van der Waals surface area contributed by atoms with Gasteiger partial charge in [-0.05, 0) is 43.4 Å². The molecule has 0 bridgehead atoms. The molecule has 2 aromatic rings. The van der Waals surface area contributed by atoms with Crippen molar-refractivity contribution < 1.29 is 18.7 Å². The molecule has 6 nitrogen and oxygen atoms in total. The number of fused-ring (bicyclic) bond motifs is 1. The number of esters is 1. The lowest BCUT2D eigenvalue weighted by Gasteiger charge is -2.35. The normalized spacial score (nSPS) is 16.8. The third-order valence-electron chi connectivity index (χ3n) is 5.75. The highest BCUT2D eigenvalue weighted by Gasteiger charge is 2.27. The fraction of sp³-hybridized carbons (Fsp3) is 0.455. The Morgan fingerprint density at radius 1 is 1.13 bits per heavy atom. The fourth-order valence-electron chi connectivity index (χ4n) is 4.20. The molecule has 1 N–H and O–H groups in total. The molecule has 30 heavy (non-hydrogen) atoms. The number of thiophene rings is 1. The molecule has 0 spiro atoms. The van der Waals surface area contributed by atoms with E-state index in [0.717, 1.165) is 31.2 Å². The molecule has 160 valence electrons. The molecule has 1 amide bonds. The Kier molecular flexibility index (Phi) is 6.34. The van der Waals surface area contributed by atoms with Crippen molar-refractivity contribution in [1.82, 2.24) is 4.90 Å². The Bertz CT molecular complexity index is 938. The van der Waals surface area contributed by atoms with Crippen LogP contribution in [-0.4, -0.2) is 56.6 Å². The van der Waals surface area contributed by atoms with E-state index in [0.29, 0.717) is 42.4 Å². The van der Waals surface area contributed by atoms with E-state index in [2.05, 4.69) is 10.2 Å². The Morgan fingerprint density at radius 3 is 2.60 bits per heavy atom. The van der Waals surface area contributed by atoms with Crippen LogP contribution in [0.25, 0.3) is 0 Å². The Hall–Kier alpha value is -2.45. The van der Waals surface area contributed by atoms with Crippen LogP contribution in [0.15, 0.2) is 24.3 Å². The summed E-state index contributed by atoms with van der Waals surface area (Å²) in [5.41, 5.74) is 2.16. The molecule has 2 heterocycles. The third kappa shape index (κ3) is 4.34. The van der Waals surface area contributed by atoms with Gasteiger partial charge in [-0.25, -0.2) is 9.18 Å². The molecule has 2 aliphatic rings. The standard InChI is InChI=1S/C22H26FN3O3S/c1-29-22(28)20-15-6-2-5-9-18(15)30-21(20)24-19(27)14-25-10-12-26(13-11-25)17-8-4-3-7-16(17)23/h3-4,7-8H,2,5-6,9-14H2,1H3,(H,24,27). The van der Waals surface area contributed by atoms with Gasteiger partial charge in [-0.2, -0.15) is 0 Å². The lowest BCUT2D eigenvalue weighted by molar-refractivity contribution is -0.117. The zero-order valence-corrected chi connectivity index (χ0v) is 17.9. The van der Waals surface area contributed by atoms with Gasteiger partial charge in [-0.1, -0.05) is 12.1 Å². The zero-order valence-electron chi connectivity index (χ0n) is 17.1. The van der Waals surface area contributed by atoms with Gasteiger partial charge in [0.05, 0.1) is 24.9 Å². The lowest BCUT2D eigenvalue weighted by Crippen LogP contribution is -2.48. The third-order valence-corrected chi connectivity index (χ3v) is 6.95. The van der Waals surface area contributed by atoms with Gasteiger partial charge < -0.3 is 15.0 Å². The number of hydrogen-bond acceptors (Lipinski definition) is 6. The first-order chi connectivity index (χ1) is 14.6. The van der Waals surface area contributed by atoms with E-state index in [1.165, 1.54) is 29.4 Å². The number of ether oxygens (including phenoxy) is 1. The van der Waals surface area contributed by atoms with Gasteiger partial charge in [-0.15, -0.1) is 11.3 Å². The van der Waals surface area contributed by atoms with Crippen molar-refractivity contribution in [3.8, 4) is 0 Å². The van der Waals surface area contributed by atoms with Gasteiger partial charge in [0, 0.05) is 31.1 Å². The molecule has 4 rings (SSSR count). The van der Waals surface area contributed by atoms with Crippen LogP contribution in [0.1, 0.15) is 33.6 Å². The first kappa shape index (κ1) is 20.8. The predicted molar refractivity (Wildman–Crippen MR) is 116 cm³/mol. The number of carbonyl (C=O) groups is 2. The summed E-state index contributed by atoms with van der Waals surface area (Å²) < 4.78 is 19.0. The van der Waals surface area contributed by atoms with Crippen molar-refractivity contribution in [2.75, 3.05) is 50.1 Å². The van der Waals surface area contributed by atoms with Gasteiger partial charge in [0.1, 0.15) is 10.8 Å². The maximum atomic E-state index is 14.0. The summed E-state index contributed by atoms with van der Waals surface area (Å²) >= 11 is 1.49. The number of carbonyl (C=O) groups excluding carboxylic acids is 2. The number of halogens is 1. The highest BCUT2D eigenvalue weighted by atomic mass is 32.1. The first-order valence-corrected chi connectivity index (χ1v) is 11.1. The topological polar surface area (TPSA) is 61.9 Å². The summed E-state index contributed by atoms with van der Waals surface area (Å²) in [6, 6.07) is 6.77. The molecule has 0 saturated carbocycles. The Morgan fingerprint density at radius 2 is 1.87 bits per heavy atom. The van der Waals surface area contributed by atoms with Crippen molar-refractivity contribution in [2.24, 2.45) is 0 Å². The molecular weight excluding hydrogens is 405 g/mol. The van der Waals surface area contributed by atoms with E-state index in [9.17, 15) is 14.0 Å². The average molecular weight is 432 g/mol. The predicted octanol–water partition coefficient (Wildman–Crippen LogP) is 3.31. The molecule has 0 atom stereocenters. The van der Waals surface area contributed by atoms with Gasteiger partial charge in [0.25, 0.3) is 0 Å². The maximum Gasteiger partial charge on any atom is 0.341 e. The van der Waals surface area contributed by atoms with E-state index in [1.54, 1.807) is 12.1 Å². The van der Waals surface area contributed by atoms with E-state index >= 15 is 0 Å². The zero-order chi connectivity index (χ0) is 21.1. The second-order valence-electron chi connectivity index (χ2n) is 7.67. The number of nitrogens with zero attached hydrogens (tertiary/aromatic N) is 2. The quantitative estimate of drug-likeness (QED) is 0.736. The summed E-state index contributed by atoms with van der Waals surface area (Å²) in [5, 5.41) is 3.55. The van der Waals surface area contributed by atoms with Crippen molar-refractivity contribution in [2.45, 2.75) is 25.7 Å². The van der Waals surface area contributed by atoms with Crippen LogP contribution in [0.2, 0.25) is 0 Å². The Labute approximate surface area is 179 Å². The fourth-order valence-corrected chi connectivity index (χ4v) is 5.49. The average Bonchev–Trinajstić information content (AvgIpc) is 3.12. The molecule has 1 fully saturated rings. The summed E-state index contributed by atoms with van der Waals surface area (Å²) in [5.74, 6) is -0.748. The minimum absolute atomic E-state index is 0.141. The number of benzene rings is 1. The number of anilines is 2. The van der Waals surface area contributed by atoms with Crippen LogP contribution in [0.3, 0.4) is 0 Å². The second-order valence-corrected chi connectivity index (χ2v) is 8.77. The number of hydrogen-bond donors (Lipinski definition) is 1.